The van der Waals surface area contributed by atoms with E-state index in [0.29, 0.717) is 6.42 Å². The first-order valence-electron chi connectivity index (χ1n) is 8.30. The molecule has 0 radical (unpaired) electrons. The highest BCUT2D eigenvalue weighted by Gasteiger charge is 2.25. The van der Waals surface area contributed by atoms with Gasteiger partial charge in [0.15, 0.2) is 5.78 Å². The van der Waals surface area contributed by atoms with E-state index >= 15 is 0 Å². The quantitative estimate of drug-likeness (QED) is 0.727. The maximum absolute atomic E-state index is 12.6. The van der Waals surface area contributed by atoms with Crippen LogP contribution in [0.25, 0.3) is 17.3 Å². The van der Waals surface area contributed by atoms with E-state index in [1.165, 1.54) is 0 Å². The number of carbonyl (C=O) groups is 1. The summed E-state index contributed by atoms with van der Waals surface area (Å²) in [6.45, 7) is 0. The molecule has 4 rings (SSSR count). The number of benzene rings is 2. The molecule has 0 fully saturated rings. The van der Waals surface area contributed by atoms with Crippen LogP contribution >= 0.6 is 0 Å². The molecule has 5 heteroatoms. The normalized spacial score (nSPS) is 14.5. The summed E-state index contributed by atoms with van der Waals surface area (Å²) in [5, 5.41) is 7.34. The molecule has 0 unspecified atom stereocenters. The SMILES string of the molecule is COc1ccc(-c2cc(/C=C3\Cc4cc(OC)ccc4C3=O)[nH]n2)cc1. The maximum Gasteiger partial charge on any atom is 0.189 e. The highest BCUT2D eigenvalue weighted by atomic mass is 16.5. The molecule has 2 aromatic carbocycles. The Morgan fingerprint density at radius 1 is 1.00 bits per heavy atom. The molecule has 1 aliphatic carbocycles. The van der Waals surface area contributed by atoms with E-state index in [9.17, 15) is 4.79 Å². The zero-order valence-electron chi connectivity index (χ0n) is 14.6. The molecule has 1 aliphatic rings. The number of H-pyrrole nitrogens is 1. The molecule has 0 saturated heterocycles. The molecular formula is C21H18N2O3. The van der Waals surface area contributed by atoms with E-state index in [1.807, 2.05) is 54.6 Å². The molecule has 3 aromatic rings. The molecule has 1 aromatic heterocycles. The van der Waals surface area contributed by atoms with E-state index in [4.69, 9.17) is 9.47 Å². The number of nitrogens with zero attached hydrogens (tertiary/aromatic N) is 1. The Hall–Kier alpha value is -3.34. The van der Waals surface area contributed by atoms with Crippen LogP contribution in [0.3, 0.4) is 0 Å². The molecule has 0 spiro atoms. The second-order valence-corrected chi connectivity index (χ2v) is 6.14. The summed E-state index contributed by atoms with van der Waals surface area (Å²) in [6, 6.07) is 15.2. The van der Waals surface area contributed by atoms with Gasteiger partial charge in [0.2, 0.25) is 0 Å². The lowest BCUT2D eigenvalue weighted by molar-refractivity contribution is 0.104. The number of methoxy groups -OCH3 is 2. The van der Waals surface area contributed by atoms with Crippen LogP contribution in [0.15, 0.2) is 54.1 Å². The number of allylic oxidation sites excluding steroid dienone is 1. The second kappa shape index (κ2) is 6.52. The van der Waals surface area contributed by atoms with Gasteiger partial charge in [-0.25, -0.2) is 0 Å². The van der Waals surface area contributed by atoms with Crippen molar-refractivity contribution in [3.63, 3.8) is 0 Å². The molecule has 0 bridgehead atoms. The molecule has 0 amide bonds. The summed E-state index contributed by atoms with van der Waals surface area (Å²) in [7, 11) is 3.26. The minimum Gasteiger partial charge on any atom is -0.497 e. The topological polar surface area (TPSA) is 64.2 Å². The number of Topliss-reactive ketones (excluding diaryl/α,β-unsaturated/α-hetero) is 1. The number of rotatable bonds is 4. The van der Waals surface area contributed by atoms with Crippen molar-refractivity contribution >= 4 is 11.9 Å². The Kier molecular flexibility index (Phi) is 4.05. The van der Waals surface area contributed by atoms with E-state index < -0.39 is 0 Å². The van der Waals surface area contributed by atoms with E-state index in [2.05, 4.69) is 10.2 Å². The van der Waals surface area contributed by atoms with Crippen molar-refractivity contribution in [1.82, 2.24) is 10.2 Å². The summed E-state index contributed by atoms with van der Waals surface area (Å²) in [4.78, 5) is 12.6. The van der Waals surface area contributed by atoms with Crippen LogP contribution in [-0.2, 0) is 6.42 Å². The Labute approximate surface area is 151 Å². The van der Waals surface area contributed by atoms with Gasteiger partial charge < -0.3 is 9.47 Å². The van der Waals surface area contributed by atoms with Gasteiger partial charge in [-0.3, -0.25) is 9.89 Å². The first-order valence-corrected chi connectivity index (χ1v) is 8.30. The highest BCUT2D eigenvalue weighted by Crippen LogP contribution is 2.31. The Morgan fingerprint density at radius 2 is 1.73 bits per heavy atom. The van der Waals surface area contributed by atoms with Gasteiger partial charge in [0, 0.05) is 23.1 Å². The molecular weight excluding hydrogens is 328 g/mol. The van der Waals surface area contributed by atoms with Crippen LogP contribution in [0.1, 0.15) is 21.6 Å². The van der Waals surface area contributed by atoms with Crippen molar-refractivity contribution < 1.29 is 14.3 Å². The number of ketones is 1. The predicted molar refractivity (Wildman–Crippen MR) is 99.6 cm³/mol. The number of fused-ring (bicyclic) bond motifs is 1. The number of carbonyl (C=O) groups excluding carboxylic acids is 1. The zero-order chi connectivity index (χ0) is 18.1. The fraction of sp³-hybridized carbons (Fsp3) is 0.143. The van der Waals surface area contributed by atoms with Gasteiger partial charge in [0.05, 0.1) is 25.6 Å². The fourth-order valence-electron chi connectivity index (χ4n) is 3.15. The smallest absolute Gasteiger partial charge is 0.189 e. The Bertz CT molecular complexity index is 1000. The third kappa shape index (κ3) is 2.88. The lowest BCUT2D eigenvalue weighted by atomic mass is 10.1. The van der Waals surface area contributed by atoms with E-state index in [0.717, 1.165) is 45.2 Å². The van der Waals surface area contributed by atoms with E-state index in [-0.39, 0.29) is 5.78 Å². The fourth-order valence-corrected chi connectivity index (χ4v) is 3.15. The molecule has 26 heavy (non-hydrogen) atoms. The number of hydrogen-bond acceptors (Lipinski definition) is 4. The van der Waals surface area contributed by atoms with Crippen LogP contribution in [0.4, 0.5) is 0 Å². The average Bonchev–Trinajstić information content (AvgIpc) is 3.27. The number of aromatic nitrogens is 2. The Balaban J connectivity index is 1.59. The third-order valence-electron chi connectivity index (χ3n) is 4.54. The van der Waals surface area contributed by atoms with Gasteiger partial charge in [-0.2, -0.15) is 5.10 Å². The lowest BCUT2D eigenvalue weighted by Crippen LogP contribution is -1.95. The molecule has 1 N–H and O–H groups in total. The number of hydrogen-bond donors (Lipinski definition) is 1. The first-order chi connectivity index (χ1) is 12.7. The Morgan fingerprint density at radius 3 is 2.46 bits per heavy atom. The summed E-state index contributed by atoms with van der Waals surface area (Å²) in [6.07, 6.45) is 2.47. The molecule has 5 nitrogen and oxygen atoms in total. The summed E-state index contributed by atoms with van der Waals surface area (Å²) in [5.74, 6) is 1.63. The molecule has 130 valence electrons. The largest absolute Gasteiger partial charge is 0.497 e. The predicted octanol–water partition coefficient (Wildman–Crippen LogP) is 3.92. The van der Waals surface area contributed by atoms with Crippen molar-refractivity contribution in [2.24, 2.45) is 0 Å². The van der Waals surface area contributed by atoms with Crippen molar-refractivity contribution in [3.05, 3.63) is 70.9 Å². The van der Waals surface area contributed by atoms with Crippen LogP contribution < -0.4 is 9.47 Å². The summed E-state index contributed by atoms with van der Waals surface area (Å²) >= 11 is 0. The van der Waals surface area contributed by atoms with Crippen molar-refractivity contribution in [3.8, 4) is 22.8 Å². The van der Waals surface area contributed by atoms with Crippen LogP contribution in [0, 0.1) is 0 Å². The van der Waals surface area contributed by atoms with Crippen LogP contribution in [0.2, 0.25) is 0 Å². The summed E-state index contributed by atoms with van der Waals surface area (Å²) in [5.41, 5.74) is 5.10. The lowest BCUT2D eigenvalue weighted by Gasteiger charge is -2.01. The van der Waals surface area contributed by atoms with Crippen molar-refractivity contribution in [2.75, 3.05) is 14.2 Å². The van der Waals surface area contributed by atoms with Gasteiger partial charge in [0.25, 0.3) is 0 Å². The monoisotopic (exact) mass is 346 g/mol. The highest BCUT2D eigenvalue weighted by molar-refractivity contribution is 6.15. The van der Waals surface area contributed by atoms with Crippen LogP contribution in [0.5, 0.6) is 11.5 Å². The third-order valence-corrected chi connectivity index (χ3v) is 4.54. The van der Waals surface area contributed by atoms with E-state index in [1.54, 1.807) is 14.2 Å². The maximum atomic E-state index is 12.6. The van der Waals surface area contributed by atoms with Gasteiger partial charge >= 0.3 is 0 Å². The van der Waals surface area contributed by atoms with Crippen molar-refractivity contribution in [1.29, 1.82) is 0 Å². The van der Waals surface area contributed by atoms with Gasteiger partial charge in [-0.15, -0.1) is 0 Å². The number of nitrogens with one attached hydrogen (secondary N) is 1. The first kappa shape index (κ1) is 16.1. The minimum atomic E-state index is 0.0586. The van der Waals surface area contributed by atoms with Crippen molar-refractivity contribution in [2.45, 2.75) is 6.42 Å². The van der Waals surface area contributed by atoms with Gasteiger partial charge in [0.1, 0.15) is 11.5 Å². The molecule has 0 saturated carbocycles. The van der Waals surface area contributed by atoms with Gasteiger partial charge in [-0.1, -0.05) is 0 Å². The minimum absolute atomic E-state index is 0.0586. The second-order valence-electron chi connectivity index (χ2n) is 6.14. The molecule has 0 aliphatic heterocycles. The summed E-state index contributed by atoms with van der Waals surface area (Å²) < 4.78 is 10.4. The molecule has 0 atom stereocenters. The zero-order valence-corrected chi connectivity index (χ0v) is 14.6. The number of aromatic amines is 1. The average molecular weight is 346 g/mol. The van der Waals surface area contributed by atoms with Crippen LogP contribution in [-0.4, -0.2) is 30.2 Å². The van der Waals surface area contributed by atoms with Gasteiger partial charge in [-0.05, 0) is 60.2 Å². The standard InChI is InChI=1S/C21H18N2O3/c1-25-17-5-3-13(4-6-17)20-12-16(22-23-20)10-15-9-14-11-18(26-2)7-8-19(14)21(15)24/h3-8,10-12H,9H2,1-2H3,(H,22,23)/b15-10+. The number of ether oxygens (including phenoxy) is 2. The molecule has 1 heterocycles.